The van der Waals surface area contributed by atoms with Gasteiger partial charge in [-0.05, 0) is 51.4 Å². The van der Waals surface area contributed by atoms with E-state index in [1.165, 1.54) is 141 Å². The van der Waals surface area contributed by atoms with Gasteiger partial charge in [0.05, 0.1) is 25.4 Å². The minimum Gasteiger partial charge on any atom is -0.387 e. The minimum absolute atomic E-state index is 0.0769. The fourth-order valence-corrected chi connectivity index (χ4v) is 7.27. The van der Waals surface area contributed by atoms with Crippen molar-refractivity contribution in [3.63, 3.8) is 0 Å². The van der Waals surface area contributed by atoms with Gasteiger partial charge in [0.1, 0.15) is 0 Å². The molecule has 0 aliphatic carbocycles. The van der Waals surface area contributed by atoms with Gasteiger partial charge in [-0.25, -0.2) is 4.57 Å². The first-order valence-corrected chi connectivity index (χ1v) is 24.1. The fraction of sp³-hybridized carbons (Fsp3) is 0.844. The number of nitrogens with two attached hydrogens (primary N) is 1. The molecule has 0 aliphatic rings. The highest BCUT2D eigenvalue weighted by atomic mass is 31.2. The Morgan fingerprint density at radius 1 is 0.611 bits per heavy atom. The van der Waals surface area contributed by atoms with Gasteiger partial charge in [0.25, 0.3) is 0 Å². The third-order valence-corrected chi connectivity index (χ3v) is 10.9. The van der Waals surface area contributed by atoms with E-state index in [0.717, 1.165) is 51.4 Å². The summed E-state index contributed by atoms with van der Waals surface area (Å²) in [6, 6.07) is -0.864. The molecule has 1 amide bonds. The molecular weight excluding hydrogens is 695 g/mol. The number of allylic oxidation sites excluding steroid dienone is 5. The number of hydrogen-bond acceptors (Lipinski definition) is 6. The number of carbonyl (C=O) groups is 1. The van der Waals surface area contributed by atoms with Crippen LogP contribution < -0.4 is 11.1 Å². The number of phosphoric acid groups is 1. The van der Waals surface area contributed by atoms with E-state index in [0.29, 0.717) is 6.42 Å². The van der Waals surface area contributed by atoms with Crippen LogP contribution in [0.15, 0.2) is 36.5 Å². The first kappa shape index (κ1) is 52.7. The quantitative estimate of drug-likeness (QED) is 0.0275. The van der Waals surface area contributed by atoms with Crippen molar-refractivity contribution in [1.82, 2.24) is 5.32 Å². The van der Waals surface area contributed by atoms with Gasteiger partial charge < -0.3 is 21.1 Å². The Kier molecular flexibility index (Phi) is 40.4. The topological polar surface area (TPSA) is 131 Å². The van der Waals surface area contributed by atoms with Crippen LogP contribution in [0.4, 0.5) is 0 Å². The average Bonchev–Trinajstić information content (AvgIpc) is 3.16. The van der Waals surface area contributed by atoms with E-state index in [9.17, 15) is 19.4 Å². The lowest BCUT2D eigenvalue weighted by atomic mass is 10.0. The molecule has 3 unspecified atom stereocenters. The molecule has 8 nitrogen and oxygen atoms in total. The van der Waals surface area contributed by atoms with Crippen molar-refractivity contribution in [3.8, 4) is 0 Å². The lowest BCUT2D eigenvalue weighted by molar-refractivity contribution is -0.123. The molecule has 0 saturated carbocycles. The molecule has 54 heavy (non-hydrogen) atoms. The van der Waals surface area contributed by atoms with Crippen LogP contribution in [-0.2, 0) is 18.4 Å². The summed E-state index contributed by atoms with van der Waals surface area (Å²) in [6.45, 7) is 4.11. The molecule has 0 aromatic carbocycles. The largest absolute Gasteiger partial charge is 0.472 e. The summed E-state index contributed by atoms with van der Waals surface area (Å²) in [7, 11) is -4.34. The Bertz CT molecular complexity index is 943. The van der Waals surface area contributed by atoms with E-state index in [1.807, 2.05) is 6.08 Å². The predicted octanol–water partition coefficient (Wildman–Crippen LogP) is 12.7. The number of hydrogen-bond donors (Lipinski definition) is 4. The number of aliphatic hydroxyl groups excluding tert-OH is 1. The molecule has 0 aromatic rings. The maximum absolute atomic E-state index is 12.8. The number of nitrogens with one attached hydrogen (secondary N) is 1. The Hall–Kier alpha value is -1.28. The zero-order valence-corrected chi connectivity index (χ0v) is 36.1. The first-order chi connectivity index (χ1) is 26.4. The van der Waals surface area contributed by atoms with Gasteiger partial charge in [0.15, 0.2) is 0 Å². The number of rotatable bonds is 42. The SMILES string of the molecule is CCCCC/C=C\C/C=C\CCCCCCCCCC(=O)NC(COP(=O)(O)OCCN)C(O)/C=C/CCCCCCCCCCCCCCCCCC. The van der Waals surface area contributed by atoms with Crippen LogP contribution in [-0.4, -0.2) is 47.8 Å². The van der Waals surface area contributed by atoms with Crippen molar-refractivity contribution in [1.29, 1.82) is 0 Å². The summed E-state index contributed by atoms with van der Waals surface area (Å²) in [5.41, 5.74) is 5.38. The molecule has 3 atom stereocenters. The molecule has 0 fully saturated rings. The summed E-state index contributed by atoms with van der Waals surface area (Å²) in [5, 5.41) is 13.7. The number of unbranched alkanes of at least 4 members (excludes halogenated alkanes) is 26. The number of phosphoric ester groups is 1. The van der Waals surface area contributed by atoms with Crippen LogP contribution in [0, 0.1) is 0 Å². The van der Waals surface area contributed by atoms with Crippen LogP contribution in [0.5, 0.6) is 0 Å². The van der Waals surface area contributed by atoms with Gasteiger partial charge in [0, 0.05) is 13.0 Å². The van der Waals surface area contributed by atoms with Gasteiger partial charge in [-0.15, -0.1) is 0 Å². The van der Waals surface area contributed by atoms with E-state index in [1.54, 1.807) is 6.08 Å². The van der Waals surface area contributed by atoms with Crippen LogP contribution in [0.2, 0.25) is 0 Å². The third-order valence-electron chi connectivity index (χ3n) is 9.96. The summed E-state index contributed by atoms with van der Waals surface area (Å²) >= 11 is 0. The zero-order chi connectivity index (χ0) is 39.6. The molecule has 0 saturated heterocycles. The number of aliphatic hydroxyl groups is 1. The molecule has 0 radical (unpaired) electrons. The number of amides is 1. The molecule has 318 valence electrons. The van der Waals surface area contributed by atoms with Crippen LogP contribution in [0.3, 0.4) is 0 Å². The van der Waals surface area contributed by atoms with E-state index in [2.05, 4.69) is 43.5 Å². The second kappa shape index (κ2) is 41.4. The van der Waals surface area contributed by atoms with Crippen molar-refractivity contribution < 1.29 is 28.4 Å². The summed E-state index contributed by atoms with van der Waals surface area (Å²) in [4.78, 5) is 22.7. The molecule has 0 bridgehead atoms. The van der Waals surface area contributed by atoms with Gasteiger partial charge in [-0.1, -0.05) is 192 Å². The molecule has 0 aliphatic heterocycles. The van der Waals surface area contributed by atoms with Crippen LogP contribution >= 0.6 is 7.82 Å². The standard InChI is InChI=1S/C45H87N2O6P/c1-3-5-7-9-11-13-15-17-19-21-23-24-26-28-30-32-34-36-38-44(48)43(42-53-54(50,51)52-41-40-46)47-45(49)39-37-35-33-31-29-27-25-22-20-18-16-14-12-10-8-6-4-2/h12,14,18,20,36,38,43-44,48H,3-11,13,15-17,19,21-35,37,39-42,46H2,1-2H3,(H,47,49)(H,50,51)/b14-12-,20-18-,38-36+. The second-order valence-electron chi connectivity index (χ2n) is 15.3. The van der Waals surface area contributed by atoms with Gasteiger partial charge in [-0.2, -0.15) is 0 Å². The molecule has 5 N–H and O–H groups in total. The summed E-state index contributed by atoms with van der Waals surface area (Å²) < 4.78 is 22.1. The molecular formula is C45H87N2O6P. The van der Waals surface area contributed by atoms with E-state index in [4.69, 9.17) is 14.8 Å². The Balaban J connectivity index is 4.21. The maximum atomic E-state index is 12.8. The van der Waals surface area contributed by atoms with E-state index in [-0.39, 0.29) is 25.7 Å². The average molecular weight is 783 g/mol. The lowest BCUT2D eigenvalue weighted by Gasteiger charge is -2.23. The van der Waals surface area contributed by atoms with Crippen LogP contribution in [0.1, 0.15) is 213 Å². The van der Waals surface area contributed by atoms with Gasteiger partial charge >= 0.3 is 7.82 Å². The zero-order valence-electron chi connectivity index (χ0n) is 35.2. The van der Waals surface area contributed by atoms with Crippen molar-refractivity contribution >= 4 is 13.7 Å². The van der Waals surface area contributed by atoms with Crippen molar-refractivity contribution in [3.05, 3.63) is 36.5 Å². The highest BCUT2D eigenvalue weighted by Crippen LogP contribution is 2.43. The van der Waals surface area contributed by atoms with Crippen molar-refractivity contribution in [2.45, 2.75) is 225 Å². The van der Waals surface area contributed by atoms with Crippen molar-refractivity contribution in [2.75, 3.05) is 19.8 Å². The van der Waals surface area contributed by atoms with Gasteiger partial charge in [-0.3, -0.25) is 13.8 Å². The molecule has 0 spiro atoms. The smallest absolute Gasteiger partial charge is 0.387 e. The Morgan fingerprint density at radius 2 is 1.02 bits per heavy atom. The summed E-state index contributed by atoms with van der Waals surface area (Å²) in [6.07, 6.45) is 49.0. The maximum Gasteiger partial charge on any atom is 0.472 e. The highest BCUT2D eigenvalue weighted by molar-refractivity contribution is 7.47. The molecule has 0 heterocycles. The molecule has 9 heteroatoms. The Morgan fingerprint density at radius 3 is 1.50 bits per heavy atom. The lowest BCUT2D eigenvalue weighted by Crippen LogP contribution is -2.45. The highest BCUT2D eigenvalue weighted by Gasteiger charge is 2.26. The minimum atomic E-state index is -4.34. The summed E-state index contributed by atoms with van der Waals surface area (Å²) in [5.74, 6) is -0.202. The monoisotopic (exact) mass is 783 g/mol. The normalized spacial score (nSPS) is 14.4. The molecule has 0 aromatic heterocycles. The van der Waals surface area contributed by atoms with Crippen LogP contribution in [0.25, 0.3) is 0 Å². The molecule has 0 rings (SSSR count). The predicted molar refractivity (Wildman–Crippen MR) is 231 cm³/mol. The fourth-order valence-electron chi connectivity index (χ4n) is 6.52. The van der Waals surface area contributed by atoms with Crippen molar-refractivity contribution in [2.24, 2.45) is 5.73 Å². The van der Waals surface area contributed by atoms with E-state index >= 15 is 0 Å². The Labute approximate surface area is 333 Å². The van der Waals surface area contributed by atoms with Gasteiger partial charge in [0.2, 0.25) is 5.91 Å². The first-order valence-electron chi connectivity index (χ1n) is 22.6. The van der Waals surface area contributed by atoms with E-state index < -0.39 is 20.0 Å². The number of carbonyl (C=O) groups excluding carboxylic acids is 1. The third kappa shape index (κ3) is 39.0. The second-order valence-corrected chi connectivity index (χ2v) is 16.7.